The fourth-order valence-corrected chi connectivity index (χ4v) is 2.57. The molecule has 0 spiro atoms. The first kappa shape index (κ1) is 16.1. The second-order valence-corrected chi connectivity index (χ2v) is 5.35. The molecule has 6 heteroatoms. The fraction of sp³-hybridized carbons (Fsp3) is 0.600. The van der Waals surface area contributed by atoms with Crippen LogP contribution in [-0.2, 0) is 12.7 Å². The zero-order valence-electron chi connectivity index (χ0n) is 12.1. The highest BCUT2D eigenvalue weighted by Gasteiger charge is 2.35. The second kappa shape index (κ2) is 6.66. The molecule has 2 rings (SSSR count). The van der Waals surface area contributed by atoms with Gasteiger partial charge in [0.25, 0.3) is 0 Å². The number of alkyl halides is 3. The van der Waals surface area contributed by atoms with E-state index in [4.69, 9.17) is 0 Å². The van der Waals surface area contributed by atoms with Crippen LogP contribution in [0.2, 0.25) is 0 Å². The second-order valence-electron chi connectivity index (χ2n) is 5.35. The van der Waals surface area contributed by atoms with Crippen LogP contribution in [0.25, 0.3) is 0 Å². The fourth-order valence-electron chi connectivity index (χ4n) is 2.57. The summed E-state index contributed by atoms with van der Waals surface area (Å²) in [5, 5.41) is 12.5. The first-order valence-corrected chi connectivity index (χ1v) is 7.25. The predicted molar refractivity (Wildman–Crippen MR) is 76.3 cm³/mol. The molecule has 21 heavy (non-hydrogen) atoms. The Hall–Kier alpha value is -1.27. The van der Waals surface area contributed by atoms with Gasteiger partial charge in [-0.3, -0.25) is 0 Å². The predicted octanol–water partition coefficient (Wildman–Crippen LogP) is 2.78. The van der Waals surface area contributed by atoms with Gasteiger partial charge in [0.1, 0.15) is 0 Å². The molecule has 1 aromatic carbocycles. The number of anilines is 1. The van der Waals surface area contributed by atoms with E-state index in [0.29, 0.717) is 44.6 Å². The summed E-state index contributed by atoms with van der Waals surface area (Å²) in [6.45, 7) is 3.97. The van der Waals surface area contributed by atoms with Crippen molar-refractivity contribution >= 4 is 5.69 Å². The van der Waals surface area contributed by atoms with Crippen LogP contribution in [0.4, 0.5) is 18.9 Å². The third-order valence-corrected chi connectivity index (χ3v) is 3.75. The van der Waals surface area contributed by atoms with Crippen LogP contribution in [0.5, 0.6) is 0 Å². The standard InChI is InChI=1S/C15H21F3N2O/c1-2-19-10-11-3-4-14(13(9-11)15(16,17)18)20-7-5-12(21)6-8-20/h3-4,9,12,19,21H,2,5-8,10H2,1H3. The Kier molecular flexibility index (Phi) is 5.11. The topological polar surface area (TPSA) is 35.5 Å². The number of benzene rings is 1. The highest BCUT2D eigenvalue weighted by Crippen LogP contribution is 2.38. The molecule has 0 bridgehead atoms. The monoisotopic (exact) mass is 302 g/mol. The first-order chi connectivity index (χ1) is 9.91. The maximum absolute atomic E-state index is 13.3. The summed E-state index contributed by atoms with van der Waals surface area (Å²) in [5.74, 6) is 0. The lowest BCUT2D eigenvalue weighted by Crippen LogP contribution is -2.37. The van der Waals surface area contributed by atoms with Gasteiger partial charge in [0.05, 0.1) is 11.7 Å². The zero-order chi connectivity index (χ0) is 15.5. The van der Waals surface area contributed by atoms with Crippen LogP contribution in [0.3, 0.4) is 0 Å². The van der Waals surface area contributed by atoms with Crippen LogP contribution in [0, 0.1) is 0 Å². The lowest BCUT2D eigenvalue weighted by atomic mass is 10.0. The lowest BCUT2D eigenvalue weighted by Gasteiger charge is -2.33. The molecule has 1 aliphatic rings. The van der Waals surface area contributed by atoms with E-state index in [-0.39, 0.29) is 5.69 Å². The highest BCUT2D eigenvalue weighted by atomic mass is 19.4. The van der Waals surface area contributed by atoms with Crippen molar-refractivity contribution < 1.29 is 18.3 Å². The molecule has 0 unspecified atom stereocenters. The molecule has 0 amide bonds. The molecule has 0 atom stereocenters. The number of hydrogen-bond donors (Lipinski definition) is 2. The average Bonchev–Trinajstić information content (AvgIpc) is 2.45. The minimum absolute atomic E-state index is 0.217. The average molecular weight is 302 g/mol. The molecule has 2 N–H and O–H groups in total. The van der Waals surface area contributed by atoms with E-state index >= 15 is 0 Å². The molecule has 1 aliphatic heterocycles. The summed E-state index contributed by atoms with van der Waals surface area (Å²) >= 11 is 0. The van der Waals surface area contributed by atoms with Crippen molar-refractivity contribution in [3.63, 3.8) is 0 Å². The lowest BCUT2D eigenvalue weighted by molar-refractivity contribution is -0.137. The number of rotatable bonds is 4. The van der Waals surface area contributed by atoms with E-state index in [2.05, 4.69) is 5.32 Å². The number of piperidine rings is 1. The summed E-state index contributed by atoms with van der Waals surface area (Å²) in [5.41, 5.74) is 0.258. The molecule has 1 saturated heterocycles. The van der Waals surface area contributed by atoms with Gasteiger partial charge in [-0.15, -0.1) is 0 Å². The van der Waals surface area contributed by atoms with Crippen LogP contribution in [0.15, 0.2) is 18.2 Å². The van der Waals surface area contributed by atoms with E-state index in [0.717, 1.165) is 0 Å². The van der Waals surface area contributed by atoms with Gasteiger partial charge in [0.15, 0.2) is 0 Å². The van der Waals surface area contributed by atoms with E-state index in [9.17, 15) is 18.3 Å². The van der Waals surface area contributed by atoms with Gasteiger partial charge in [-0.2, -0.15) is 13.2 Å². The SMILES string of the molecule is CCNCc1ccc(N2CCC(O)CC2)c(C(F)(F)F)c1. The quantitative estimate of drug-likeness (QED) is 0.898. The van der Waals surface area contributed by atoms with Gasteiger partial charge in [0, 0.05) is 25.3 Å². The number of nitrogens with zero attached hydrogens (tertiary/aromatic N) is 1. The molecule has 118 valence electrons. The van der Waals surface area contributed by atoms with Gasteiger partial charge < -0.3 is 15.3 Å². The van der Waals surface area contributed by atoms with Gasteiger partial charge in [-0.05, 0) is 37.1 Å². The number of nitrogens with one attached hydrogen (secondary N) is 1. The Bertz CT molecular complexity index is 468. The Morgan fingerprint density at radius 1 is 1.29 bits per heavy atom. The molecule has 1 fully saturated rings. The van der Waals surface area contributed by atoms with E-state index in [1.807, 2.05) is 6.92 Å². The minimum Gasteiger partial charge on any atom is -0.393 e. The van der Waals surface area contributed by atoms with Crippen molar-refractivity contribution in [1.82, 2.24) is 5.32 Å². The van der Waals surface area contributed by atoms with Gasteiger partial charge in [-0.25, -0.2) is 0 Å². The molecule has 1 heterocycles. The summed E-state index contributed by atoms with van der Waals surface area (Å²) in [7, 11) is 0. The van der Waals surface area contributed by atoms with Crippen LogP contribution in [-0.4, -0.2) is 30.8 Å². The molecule has 0 saturated carbocycles. The van der Waals surface area contributed by atoms with Crippen molar-refractivity contribution in [3.8, 4) is 0 Å². The third kappa shape index (κ3) is 4.11. The maximum atomic E-state index is 13.3. The van der Waals surface area contributed by atoms with E-state index in [1.165, 1.54) is 6.07 Å². The molecule has 1 aromatic rings. The Labute approximate surface area is 122 Å². The zero-order valence-corrected chi connectivity index (χ0v) is 12.1. The van der Waals surface area contributed by atoms with Gasteiger partial charge >= 0.3 is 6.18 Å². The van der Waals surface area contributed by atoms with Crippen molar-refractivity contribution in [2.24, 2.45) is 0 Å². The van der Waals surface area contributed by atoms with Crippen LogP contribution < -0.4 is 10.2 Å². The van der Waals surface area contributed by atoms with Gasteiger partial charge in [0.2, 0.25) is 0 Å². The van der Waals surface area contributed by atoms with E-state index < -0.39 is 17.8 Å². The van der Waals surface area contributed by atoms with Crippen molar-refractivity contribution in [2.45, 2.75) is 38.6 Å². The molecule has 0 radical (unpaired) electrons. The summed E-state index contributed by atoms with van der Waals surface area (Å²) in [6.07, 6.45) is -3.75. The molecule has 0 aromatic heterocycles. The Morgan fingerprint density at radius 3 is 2.52 bits per heavy atom. The first-order valence-electron chi connectivity index (χ1n) is 7.25. The van der Waals surface area contributed by atoms with E-state index in [1.54, 1.807) is 17.0 Å². The largest absolute Gasteiger partial charge is 0.418 e. The summed E-state index contributed by atoms with van der Waals surface area (Å²) in [6, 6.07) is 4.51. The molecule has 0 aliphatic carbocycles. The van der Waals surface area contributed by atoms with Gasteiger partial charge in [-0.1, -0.05) is 13.0 Å². The van der Waals surface area contributed by atoms with Crippen molar-refractivity contribution in [1.29, 1.82) is 0 Å². The van der Waals surface area contributed by atoms with Crippen LogP contribution in [0.1, 0.15) is 30.9 Å². The molecular weight excluding hydrogens is 281 g/mol. The van der Waals surface area contributed by atoms with Crippen molar-refractivity contribution in [2.75, 3.05) is 24.5 Å². The Morgan fingerprint density at radius 2 is 1.95 bits per heavy atom. The third-order valence-electron chi connectivity index (χ3n) is 3.75. The van der Waals surface area contributed by atoms with Crippen LogP contribution >= 0.6 is 0 Å². The summed E-state index contributed by atoms with van der Waals surface area (Å²) < 4.78 is 39.9. The Balaban J connectivity index is 2.27. The number of aliphatic hydroxyl groups excluding tert-OH is 1. The number of hydrogen-bond acceptors (Lipinski definition) is 3. The number of halogens is 3. The smallest absolute Gasteiger partial charge is 0.393 e. The summed E-state index contributed by atoms with van der Waals surface area (Å²) in [4.78, 5) is 1.71. The maximum Gasteiger partial charge on any atom is 0.418 e. The normalized spacial score (nSPS) is 17.3. The molecular formula is C15H21F3N2O. The number of aliphatic hydroxyl groups is 1. The highest BCUT2D eigenvalue weighted by molar-refractivity contribution is 5.56. The van der Waals surface area contributed by atoms with Crippen molar-refractivity contribution in [3.05, 3.63) is 29.3 Å². The molecule has 3 nitrogen and oxygen atoms in total. The minimum atomic E-state index is -4.37.